The van der Waals surface area contributed by atoms with E-state index in [1.807, 2.05) is 18.2 Å². The fourth-order valence-electron chi connectivity index (χ4n) is 2.81. The highest BCUT2D eigenvalue weighted by molar-refractivity contribution is 9.10. The van der Waals surface area contributed by atoms with E-state index >= 15 is 0 Å². The van der Waals surface area contributed by atoms with E-state index in [1.165, 1.54) is 12.8 Å². The standard InChI is InChI=1S/C16H18BrClN2S/c1-10-4-6-16(19,7-5-10)15-20-14(9-21-15)12-3-2-11(17)8-13(12)18/h2-3,8-10H,4-7,19H2,1H3. The smallest absolute Gasteiger partial charge is 0.113 e. The Hall–Kier alpha value is -0.420. The first-order valence-electron chi connectivity index (χ1n) is 7.18. The zero-order valence-electron chi connectivity index (χ0n) is 11.9. The lowest BCUT2D eigenvalue weighted by Gasteiger charge is -2.34. The van der Waals surface area contributed by atoms with Crippen molar-refractivity contribution in [1.82, 2.24) is 4.98 Å². The number of nitrogens with zero attached hydrogens (tertiary/aromatic N) is 1. The molecule has 0 saturated heterocycles. The zero-order valence-corrected chi connectivity index (χ0v) is 15.1. The summed E-state index contributed by atoms with van der Waals surface area (Å²) in [5, 5.41) is 3.82. The Bertz CT molecular complexity index is 647. The van der Waals surface area contributed by atoms with Crippen LogP contribution in [0.15, 0.2) is 28.1 Å². The highest BCUT2D eigenvalue weighted by Crippen LogP contribution is 2.40. The minimum atomic E-state index is -0.253. The highest BCUT2D eigenvalue weighted by atomic mass is 79.9. The summed E-state index contributed by atoms with van der Waals surface area (Å²) in [5.74, 6) is 0.780. The van der Waals surface area contributed by atoms with E-state index in [2.05, 4.69) is 28.2 Å². The van der Waals surface area contributed by atoms with Crippen LogP contribution in [0.1, 0.15) is 37.6 Å². The molecule has 3 rings (SSSR count). The summed E-state index contributed by atoms with van der Waals surface area (Å²) in [7, 11) is 0. The summed E-state index contributed by atoms with van der Waals surface area (Å²) in [6, 6.07) is 5.88. The maximum atomic E-state index is 6.60. The van der Waals surface area contributed by atoms with Crippen LogP contribution in [0.5, 0.6) is 0 Å². The molecule has 112 valence electrons. The van der Waals surface area contributed by atoms with E-state index < -0.39 is 0 Å². The number of aromatic nitrogens is 1. The summed E-state index contributed by atoms with van der Waals surface area (Å²) in [4.78, 5) is 4.79. The molecule has 1 aromatic heterocycles. The second kappa shape index (κ2) is 5.99. The van der Waals surface area contributed by atoms with Gasteiger partial charge in [-0.05, 0) is 43.7 Å². The molecular formula is C16H18BrClN2S. The van der Waals surface area contributed by atoms with Crippen LogP contribution in [0.25, 0.3) is 11.3 Å². The largest absolute Gasteiger partial charge is 0.319 e. The molecule has 0 radical (unpaired) electrons. The molecule has 21 heavy (non-hydrogen) atoms. The minimum Gasteiger partial charge on any atom is -0.319 e. The number of hydrogen-bond donors (Lipinski definition) is 1. The summed E-state index contributed by atoms with van der Waals surface area (Å²) < 4.78 is 0.975. The molecule has 2 N–H and O–H groups in total. The second-order valence-electron chi connectivity index (χ2n) is 6.00. The van der Waals surface area contributed by atoms with E-state index in [0.717, 1.165) is 39.5 Å². The number of benzene rings is 1. The van der Waals surface area contributed by atoms with Gasteiger partial charge in [0.25, 0.3) is 0 Å². The zero-order chi connectivity index (χ0) is 15.0. The Labute approximate surface area is 142 Å². The maximum Gasteiger partial charge on any atom is 0.113 e. The second-order valence-corrected chi connectivity index (χ2v) is 8.18. The SMILES string of the molecule is CC1CCC(N)(c2nc(-c3ccc(Br)cc3Cl)cs2)CC1. The molecular weight excluding hydrogens is 368 g/mol. The van der Waals surface area contributed by atoms with Gasteiger partial charge in [0.1, 0.15) is 5.01 Å². The fraction of sp³-hybridized carbons (Fsp3) is 0.438. The number of halogens is 2. The maximum absolute atomic E-state index is 6.60. The van der Waals surface area contributed by atoms with Crippen molar-refractivity contribution in [2.24, 2.45) is 11.7 Å². The molecule has 2 nitrogen and oxygen atoms in total. The lowest BCUT2D eigenvalue weighted by Crippen LogP contribution is -2.40. The van der Waals surface area contributed by atoms with Gasteiger partial charge in [0.05, 0.1) is 16.3 Å². The summed E-state index contributed by atoms with van der Waals surface area (Å²) in [6.45, 7) is 2.30. The molecule has 1 aromatic carbocycles. The molecule has 0 unspecified atom stereocenters. The van der Waals surface area contributed by atoms with E-state index in [-0.39, 0.29) is 5.54 Å². The molecule has 0 spiro atoms. The molecule has 2 aromatic rings. The molecule has 0 aliphatic heterocycles. The van der Waals surface area contributed by atoms with Crippen molar-refractivity contribution in [3.63, 3.8) is 0 Å². The average Bonchev–Trinajstić information content (AvgIpc) is 2.92. The van der Waals surface area contributed by atoms with Crippen LogP contribution in [0.4, 0.5) is 0 Å². The van der Waals surface area contributed by atoms with Crippen LogP contribution in [-0.4, -0.2) is 4.98 Å². The third kappa shape index (κ3) is 3.19. The predicted octanol–water partition coefficient (Wildman–Crippen LogP) is 5.59. The molecule has 5 heteroatoms. The third-order valence-corrected chi connectivity index (χ3v) is 6.17. The number of nitrogens with two attached hydrogens (primary N) is 1. The summed E-state index contributed by atoms with van der Waals surface area (Å²) >= 11 is 11.4. The highest BCUT2D eigenvalue weighted by Gasteiger charge is 2.34. The van der Waals surface area contributed by atoms with Crippen molar-refractivity contribution in [2.45, 2.75) is 38.1 Å². The first-order valence-corrected chi connectivity index (χ1v) is 9.23. The molecule has 1 saturated carbocycles. The van der Waals surface area contributed by atoms with Crippen LogP contribution in [-0.2, 0) is 5.54 Å². The van der Waals surface area contributed by atoms with E-state index in [0.29, 0.717) is 5.02 Å². The van der Waals surface area contributed by atoms with Crippen LogP contribution < -0.4 is 5.73 Å². The number of thiazole rings is 1. The molecule has 1 aliphatic rings. The fourth-order valence-corrected chi connectivity index (χ4v) is 4.58. The summed E-state index contributed by atoms with van der Waals surface area (Å²) in [6.07, 6.45) is 4.42. The van der Waals surface area contributed by atoms with Gasteiger partial charge in [-0.2, -0.15) is 0 Å². The molecule has 0 amide bonds. The van der Waals surface area contributed by atoms with Crippen molar-refractivity contribution >= 4 is 38.9 Å². The Balaban J connectivity index is 1.89. The molecule has 0 bridgehead atoms. The molecule has 1 heterocycles. The van der Waals surface area contributed by atoms with Crippen molar-refractivity contribution < 1.29 is 0 Å². The van der Waals surface area contributed by atoms with Gasteiger partial charge < -0.3 is 5.73 Å². The normalized spacial score (nSPS) is 26.0. The van der Waals surface area contributed by atoms with Crippen molar-refractivity contribution in [3.8, 4) is 11.3 Å². The molecule has 0 atom stereocenters. The number of hydrogen-bond acceptors (Lipinski definition) is 3. The van der Waals surface area contributed by atoms with E-state index in [1.54, 1.807) is 11.3 Å². The van der Waals surface area contributed by atoms with Gasteiger partial charge in [0.15, 0.2) is 0 Å². The first kappa shape index (κ1) is 15.5. The van der Waals surface area contributed by atoms with Gasteiger partial charge in [-0.3, -0.25) is 0 Å². The predicted molar refractivity (Wildman–Crippen MR) is 93.8 cm³/mol. The van der Waals surface area contributed by atoms with Crippen molar-refractivity contribution in [2.75, 3.05) is 0 Å². The first-order chi connectivity index (χ1) is 9.98. The average molecular weight is 386 g/mol. The topological polar surface area (TPSA) is 38.9 Å². The van der Waals surface area contributed by atoms with E-state index in [4.69, 9.17) is 22.3 Å². The minimum absolute atomic E-state index is 0.253. The Morgan fingerprint density at radius 1 is 1.38 bits per heavy atom. The number of rotatable bonds is 2. The third-order valence-electron chi connectivity index (χ3n) is 4.30. The van der Waals surface area contributed by atoms with Crippen LogP contribution in [0, 0.1) is 5.92 Å². The quantitative estimate of drug-likeness (QED) is 0.731. The van der Waals surface area contributed by atoms with Crippen LogP contribution >= 0.6 is 38.9 Å². The van der Waals surface area contributed by atoms with Gasteiger partial charge in [-0.25, -0.2) is 4.98 Å². The van der Waals surface area contributed by atoms with Crippen molar-refractivity contribution in [3.05, 3.63) is 38.1 Å². The molecule has 1 aliphatic carbocycles. The van der Waals surface area contributed by atoms with Gasteiger partial charge in [-0.15, -0.1) is 11.3 Å². The lowest BCUT2D eigenvalue weighted by atomic mass is 9.78. The van der Waals surface area contributed by atoms with Gasteiger partial charge >= 0.3 is 0 Å². The Kier molecular flexibility index (Phi) is 4.42. The Morgan fingerprint density at radius 3 is 2.76 bits per heavy atom. The summed E-state index contributed by atoms with van der Waals surface area (Å²) in [5.41, 5.74) is 8.25. The van der Waals surface area contributed by atoms with E-state index in [9.17, 15) is 0 Å². The Morgan fingerprint density at radius 2 is 2.10 bits per heavy atom. The lowest BCUT2D eigenvalue weighted by molar-refractivity contribution is 0.247. The van der Waals surface area contributed by atoms with Gasteiger partial charge in [0, 0.05) is 15.4 Å². The van der Waals surface area contributed by atoms with Gasteiger partial charge in [0.2, 0.25) is 0 Å². The van der Waals surface area contributed by atoms with Gasteiger partial charge in [-0.1, -0.05) is 40.5 Å². The molecule has 1 fully saturated rings. The van der Waals surface area contributed by atoms with Crippen LogP contribution in [0.2, 0.25) is 5.02 Å². The monoisotopic (exact) mass is 384 g/mol. The van der Waals surface area contributed by atoms with Crippen LogP contribution in [0.3, 0.4) is 0 Å². The van der Waals surface area contributed by atoms with Crippen molar-refractivity contribution in [1.29, 1.82) is 0 Å².